The molecule has 0 saturated heterocycles. The molecule has 0 fully saturated rings. The van der Waals surface area contributed by atoms with Gasteiger partial charge in [0, 0.05) is 18.6 Å². The van der Waals surface area contributed by atoms with Crippen molar-refractivity contribution in [2.24, 2.45) is 0 Å². The van der Waals surface area contributed by atoms with Crippen LogP contribution in [0, 0.1) is 11.3 Å². The molecule has 0 bridgehead atoms. The molecule has 2 aromatic heterocycles. The van der Waals surface area contributed by atoms with Crippen molar-refractivity contribution in [1.29, 1.82) is 5.26 Å². The average Bonchev–Trinajstić information content (AvgIpc) is 3.06. The molecule has 3 aromatic rings. The third-order valence-corrected chi connectivity index (χ3v) is 3.85. The van der Waals surface area contributed by atoms with Crippen LogP contribution >= 0.6 is 11.3 Å². The fourth-order valence-corrected chi connectivity index (χ4v) is 2.84. The van der Waals surface area contributed by atoms with Crippen molar-refractivity contribution in [1.82, 2.24) is 9.38 Å². The van der Waals surface area contributed by atoms with E-state index in [1.807, 2.05) is 29.8 Å². The second-order valence-electron chi connectivity index (χ2n) is 4.18. The van der Waals surface area contributed by atoms with Crippen molar-refractivity contribution >= 4 is 34.1 Å². The number of benzene rings is 1. The standard InChI is InChI=1S/C14H10N4OS/c1-17(11-5-3-2-4-10(11)8-15)13-12(9-19)18-6-7-20-14(18)16-13/h2-7,9H,1H3. The van der Waals surface area contributed by atoms with Crippen molar-refractivity contribution < 1.29 is 4.79 Å². The number of para-hydroxylation sites is 1. The fraction of sp³-hybridized carbons (Fsp3) is 0.0714. The minimum atomic E-state index is 0.483. The summed E-state index contributed by atoms with van der Waals surface area (Å²) in [6.45, 7) is 0. The number of hydrogen-bond donors (Lipinski definition) is 0. The molecule has 0 N–H and O–H groups in total. The van der Waals surface area contributed by atoms with E-state index in [-0.39, 0.29) is 0 Å². The first-order chi connectivity index (χ1) is 9.76. The van der Waals surface area contributed by atoms with E-state index in [0.717, 1.165) is 16.9 Å². The Labute approximate surface area is 119 Å². The number of imidazole rings is 1. The third kappa shape index (κ3) is 1.76. The van der Waals surface area contributed by atoms with Crippen LogP contribution in [0.25, 0.3) is 4.96 Å². The molecule has 98 valence electrons. The number of fused-ring (bicyclic) bond motifs is 1. The maximum atomic E-state index is 11.3. The maximum absolute atomic E-state index is 11.3. The van der Waals surface area contributed by atoms with Crippen LogP contribution in [-0.4, -0.2) is 22.7 Å². The Morgan fingerprint density at radius 3 is 3.00 bits per heavy atom. The van der Waals surface area contributed by atoms with Crippen LogP contribution in [0.15, 0.2) is 35.8 Å². The molecule has 2 heterocycles. The molecule has 0 aliphatic carbocycles. The smallest absolute Gasteiger partial charge is 0.196 e. The zero-order chi connectivity index (χ0) is 14.1. The summed E-state index contributed by atoms with van der Waals surface area (Å²) >= 11 is 1.46. The SMILES string of the molecule is CN(c1ccccc1C#N)c1nc2sccn2c1C=O. The highest BCUT2D eigenvalue weighted by Gasteiger charge is 2.18. The Morgan fingerprint density at radius 2 is 2.25 bits per heavy atom. The van der Waals surface area contributed by atoms with Gasteiger partial charge in [0.15, 0.2) is 17.1 Å². The summed E-state index contributed by atoms with van der Waals surface area (Å²) in [6.07, 6.45) is 2.60. The third-order valence-electron chi connectivity index (χ3n) is 3.09. The van der Waals surface area contributed by atoms with Gasteiger partial charge in [-0.25, -0.2) is 4.98 Å². The Bertz CT molecular complexity index is 827. The van der Waals surface area contributed by atoms with Crippen LogP contribution in [0.4, 0.5) is 11.5 Å². The summed E-state index contributed by atoms with van der Waals surface area (Å²) in [4.78, 5) is 18.3. The number of thiazole rings is 1. The molecule has 0 aliphatic rings. The normalized spacial score (nSPS) is 10.4. The summed E-state index contributed by atoms with van der Waals surface area (Å²) in [6, 6.07) is 9.38. The Balaban J connectivity index is 2.17. The van der Waals surface area contributed by atoms with Gasteiger partial charge < -0.3 is 4.90 Å². The Morgan fingerprint density at radius 1 is 1.45 bits per heavy atom. The van der Waals surface area contributed by atoms with Crippen LogP contribution in [0.2, 0.25) is 0 Å². The molecule has 6 heteroatoms. The number of hydrogen-bond acceptors (Lipinski definition) is 5. The lowest BCUT2D eigenvalue weighted by Gasteiger charge is -2.18. The van der Waals surface area contributed by atoms with Gasteiger partial charge in [0.25, 0.3) is 0 Å². The first kappa shape index (κ1) is 12.4. The number of nitrogens with zero attached hydrogens (tertiary/aromatic N) is 4. The highest BCUT2D eigenvalue weighted by atomic mass is 32.1. The first-order valence-corrected chi connectivity index (χ1v) is 6.78. The van der Waals surface area contributed by atoms with E-state index in [1.165, 1.54) is 11.3 Å². The topological polar surface area (TPSA) is 61.4 Å². The van der Waals surface area contributed by atoms with Crippen molar-refractivity contribution in [2.75, 3.05) is 11.9 Å². The Kier molecular flexibility index (Phi) is 2.97. The molecule has 1 aromatic carbocycles. The zero-order valence-corrected chi connectivity index (χ0v) is 11.5. The molecule has 0 radical (unpaired) electrons. The van der Waals surface area contributed by atoms with Gasteiger partial charge in [-0.05, 0) is 12.1 Å². The predicted molar refractivity (Wildman–Crippen MR) is 77.7 cm³/mol. The van der Waals surface area contributed by atoms with E-state index < -0.39 is 0 Å². The van der Waals surface area contributed by atoms with Gasteiger partial charge in [-0.3, -0.25) is 9.20 Å². The minimum Gasteiger partial charge on any atom is -0.326 e. The van der Waals surface area contributed by atoms with Crippen LogP contribution in [0.5, 0.6) is 0 Å². The minimum absolute atomic E-state index is 0.483. The molecular weight excluding hydrogens is 272 g/mol. The van der Waals surface area contributed by atoms with Crippen LogP contribution in [-0.2, 0) is 0 Å². The van der Waals surface area contributed by atoms with Crippen LogP contribution < -0.4 is 4.90 Å². The van der Waals surface area contributed by atoms with Gasteiger partial charge in [-0.1, -0.05) is 12.1 Å². The maximum Gasteiger partial charge on any atom is 0.196 e. The lowest BCUT2D eigenvalue weighted by Crippen LogP contribution is -2.13. The quantitative estimate of drug-likeness (QED) is 0.693. The predicted octanol–water partition coefficient (Wildman–Crippen LogP) is 2.85. The second-order valence-corrected chi connectivity index (χ2v) is 5.06. The molecule has 0 saturated carbocycles. The fourth-order valence-electron chi connectivity index (χ4n) is 2.12. The van der Waals surface area contributed by atoms with Crippen molar-refractivity contribution in [3.8, 4) is 6.07 Å². The number of anilines is 2. The monoisotopic (exact) mass is 282 g/mol. The lowest BCUT2D eigenvalue weighted by atomic mass is 10.2. The van der Waals surface area contributed by atoms with Gasteiger partial charge in [0.1, 0.15) is 11.8 Å². The second kappa shape index (κ2) is 4.79. The summed E-state index contributed by atoms with van der Waals surface area (Å²) in [5.74, 6) is 0.551. The van der Waals surface area contributed by atoms with Gasteiger partial charge in [-0.15, -0.1) is 11.3 Å². The highest BCUT2D eigenvalue weighted by Crippen LogP contribution is 2.29. The molecule has 5 nitrogen and oxygen atoms in total. The number of carbonyl (C=O) groups is 1. The summed E-state index contributed by atoms with van der Waals surface area (Å²) in [5, 5.41) is 11.0. The lowest BCUT2D eigenvalue weighted by molar-refractivity contribution is 0.111. The van der Waals surface area contributed by atoms with E-state index in [9.17, 15) is 10.1 Å². The van der Waals surface area contributed by atoms with Gasteiger partial charge in [0.2, 0.25) is 0 Å². The number of rotatable bonds is 3. The first-order valence-electron chi connectivity index (χ1n) is 5.90. The molecule has 0 amide bonds. The van der Waals surface area contributed by atoms with Crippen LogP contribution in [0.1, 0.15) is 16.1 Å². The zero-order valence-electron chi connectivity index (χ0n) is 10.6. The van der Waals surface area contributed by atoms with Gasteiger partial charge >= 0.3 is 0 Å². The van der Waals surface area contributed by atoms with Crippen molar-refractivity contribution in [2.45, 2.75) is 0 Å². The molecule has 0 atom stereocenters. The summed E-state index contributed by atoms with van der Waals surface area (Å²) < 4.78 is 1.75. The number of carbonyl (C=O) groups excluding carboxylic acids is 1. The van der Waals surface area contributed by atoms with E-state index >= 15 is 0 Å². The van der Waals surface area contributed by atoms with E-state index in [0.29, 0.717) is 17.1 Å². The Hall–Kier alpha value is -2.65. The molecule has 3 rings (SSSR count). The van der Waals surface area contributed by atoms with E-state index in [4.69, 9.17) is 0 Å². The van der Waals surface area contributed by atoms with Gasteiger partial charge in [-0.2, -0.15) is 5.26 Å². The molecule has 20 heavy (non-hydrogen) atoms. The van der Waals surface area contributed by atoms with Crippen molar-refractivity contribution in [3.05, 3.63) is 47.1 Å². The highest BCUT2D eigenvalue weighted by molar-refractivity contribution is 7.15. The van der Waals surface area contributed by atoms with E-state index in [1.54, 1.807) is 22.4 Å². The van der Waals surface area contributed by atoms with E-state index in [2.05, 4.69) is 11.1 Å². The molecule has 0 unspecified atom stereocenters. The number of aromatic nitrogens is 2. The number of nitriles is 1. The number of aldehydes is 1. The van der Waals surface area contributed by atoms with Crippen LogP contribution in [0.3, 0.4) is 0 Å². The summed E-state index contributed by atoms with van der Waals surface area (Å²) in [5.41, 5.74) is 1.75. The average molecular weight is 282 g/mol. The molecule has 0 spiro atoms. The molecule has 0 aliphatic heterocycles. The van der Waals surface area contributed by atoms with Gasteiger partial charge in [0.05, 0.1) is 11.3 Å². The largest absolute Gasteiger partial charge is 0.326 e. The molecular formula is C14H10N4OS. The van der Waals surface area contributed by atoms with Crippen molar-refractivity contribution in [3.63, 3.8) is 0 Å². The summed E-state index contributed by atoms with van der Waals surface area (Å²) in [7, 11) is 1.80.